The molecule has 8 heteroatoms. The van der Waals surface area contributed by atoms with Crippen molar-refractivity contribution in [3.8, 4) is 10.6 Å². The third-order valence-electron chi connectivity index (χ3n) is 7.33. The van der Waals surface area contributed by atoms with Crippen LogP contribution in [0.5, 0.6) is 0 Å². The summed E-state index contributed by atoms with van der Waals surface area (Å²) >= 11 is 1.63. The van der Waals surface area contributed by atoms with Crippen molar-refractivity contribution in [2.24, 2.45) is 0 Å². The molecule has 1 fully saturated rings. The number of piperazine rings is 1. The normalized spacial score (nSPS) is 13.7. The minimum absolute atomic E-state index is 0.580. The van der Waals surface area contributed by atoms with Crippen LogP contribution in [0.25, 0.3) is 10.6 Å². The average molecular weight is 562 g/mol. The van der Waals surface area contributed by atoms with Crippen LogP contribution in [0.2, 0.25) is 0 Å². The highest BCUT2D eigenvalue weighted by Gasteiger charge is 2.17. The van der Waals surface area contributed by atoms with Crippen LogP contribution in [0.1, 0.15) is 16.8 Å². The lowest BCUT2D eigenvalue weighted by Crippen LogP contribution is -2.45. The standard InChI is InChI=1S/C33H35N7S/c1-25-31(41-33(36-25)35-18-16-26-8-4-2-5-9-26)30-17-19-34-32(38-30)37-28-12-14-29(15-13-28)40-22-20-39(21-23-40)24-27-10-6-3-7-11-27/h2-15,17,19H,16,18,20-24H2,1H3,(H,35,36)(H,34,37,38). The van der Waals surface area contributed by atoms with Gasteiger partial charge < -0.3 is 15.5 Å². The molecular formula is C33H35N7S. The fourth-order valence-corrected chi connectivity index (χ4v) is 6.07. The van der Waals surface area contributed by atoms with Gasteiger partial charge in [0, 0.05) is 56.8 Å². The van der Waals surface area contributed by atoms with Gasteiger partial charge in [0.25, 0.3) is 0 Å². The molecule has 2 N–H and O–H groups in total. The lowest BCUT2D eigenvalue weighted by molar-refractivity contribution is 0.250. The second kappa shape index (κ2) is 12.9. The van der Waals surface area contributed by atoms with Crippen LogP contribution >= 0.6 is 11.3 Å². The largest absolute Gasteiger partial charge is 0.369 e. The van der Waals surface area contributed by atoms with Gasteiger partial charge >= 0.3 is 0 Å². The maximum Gasteiger partial charge on any atom is 0.227 e. The quantitative estimate of drug-likeness (QED) is 0.198. The summed E-state index contributed by atoms with van der Waals surface area (Å²) in [5, 5.41) is 7.76. The molecule has 1 saturated heterocycles. The average Bonchev–Trinajstić information content (AvgIpc) is 3.39. The summed E-state index contributed by atoms with van der Waals surface area (Å²) in [6.45, 7) is 8.08. The Morgan fingerprint density at radius 2 is 1.49 bits per heavy atom. The van der Waals surface area contributed by atoms with Gasteiger partial charge in [0.15, 0.2) is 5.13 Å². The molecule has 3 aromatic carbocycles. The highest BCUT2D eigenvalue weighted by Crippen LogP contribution is 2.32. The Labute approximate surface area is 245 Å². The zero-order valence-corrected chi connectivity index (χ0v) is 24.1. The van der Waals surface area contributed by atoms with E-state index in [0.29, 0.717) is 5.95 Å². The van der Waals surface area contributed by atoms with Gasteiger partial charge in [-0.2, -0.15) is 0 Å². The molecule has 0 unspecified atom stereocenters. The lowest BCUT2D eigenvalue weighted by Gasteiger charge is -2.36. The van der Waals surface area contributed by atoms with Crippen LogP contribution < -0.4 is 15.5 Å². The predicted octanol–water partition coefficient (Wildman–Crippen LogP) is 6.63. The van der Waals surface area contributed by atoms with E-state index in [1.54, 1.807) is 17.5 Å². The molecule has 0 saturated carbocycles. The third-order valence-corrected chi connectivity index (χ3v) is 8.47. The number of nitrogens with zero attached hydrogens (tertiary/aromatic N) is 5. The maximum atomic E-state index is 4.80. The van der Waals surface area contributed by atoms with E-state index in [-0.39, 0.29) is 0 Å². The SMILES string of the molecule is Cc1nc(NCCc2ccccc2)sc1-c1ccnc(Nc2ccc(N3CCN(Cc4ccccc4)CC3)cc2)n1. The molecule has 7 nitrogen and oxygen atoms in total. The van der Waals surface area contributed by atoms with E-state index in [9.17, 15) is 0 Å². The molecule has 0 atom stereocenters. The van der Waals surface area contributed by atoms with Crippen molar-refractivity contribution in [3.63, 3.8) is 0 Å². The fourth-order valence-electron chi connectivity index (χ4n) is 5.10. The number of rotatable bonds is 10. The topological polar surface area (TPSA) is 69.2 Å². The molecule has 6 rings (SSSR count). The van der Waals surface area contributed by atoms with Gasteiger partial charge in [-0.1, -0.05) is 72.0 Å². The summed E-state index contributed by atoms with van der Waals surface area (Å²) in [5.41, 5.74) is 6.75. The van der Waals surface area contributed by atoms with E-state index in [4.69, 9.17) is 9.97 Å². The van der Waals surface area contributed by atoms with Gasteiger partial charge in [-0.3, -0.25) is 4.90 Å². The molecule has 1 aliphatic rings. The second-order valence-corrected chi connectivity index (χ2v) is 11.3. The van der Waals surface area contributed by atoms with Crippen LogP contribution in [0.3, 0.4) is 0 Å². The number of nitrogens with one attached hydrogen (secondary N) is 2. The van der Waals surface area contributed by atoms with Gasteiger partial charge in [-0.05, 0) is 54.8 Å². The van der Waals surface area contributed by atoms with E-state index in [0.717, 1.165) is 72.8 Å². The first-order valence-electron chi connectivity index (χ1n) is 14.2. The first kappa shape index (κ1) is 26.9. The molecule has 0 spiro atoms. The Bertz CT molecular complexity index is 1530. The van der Waals surface area contributed by atoms with Crippen molar-refractivity contribution < 1.29 is 0 Å². The van der Waals surface area contributed by atoms with Crippen molar-refractivity contribution in [2.75, 3.05) is 48.3 Å². The van der Waals surface area contributed by atoms with Gasteiger partial charge in [-0.15, -0.1) is 0 Å². The molecule has 208 valence electrons. The summed E-state index contributed by atoms with van der Waals surface area (Å²) in [4.78, 5) is 20.0. The van der Waals surface area contributed by atoms with Crippen LogP contribution in [-0.2, 0) is 13.0 Å². The van der Waals surface area contributed by atoms with Crippen LogP contribution in [0, 0.1) is 6.92 Å². The Balaban J connectivity index is 1.03. The Hall–Kier alpha value is -4.27. The van der Waals surface area contributed by atoms with Crippen molar-refractivity contribution in [3.05, 3.63) is 114 Å². The first-order valence-corrected chi connectivity index (χ1v) is 15.0. The van der Waals surface area contributed by atoms with Gasteiger partial charge in [0.2, 0.25) is 5.95 Å². The zero-order chi connectivity index (χ0) is 27.9. The number of aromatic nitrogens is 3. The minimum Gasteiger partial charge on any atom is -0.369 e. The minimum atomic E-state index is 0.580. The number of aryl methyl sites for hydroxylation is 1. The lowest BCUT2D eigenvalue weighted by atomic mass is 10.2. The Kier molecular flexibility index (Phi) is 8.49. The zero-order valence-electron chi connectivity index (χ0n) is 23.3. The fraction of sp³-hybridized carbons (Fsp3) is 0.242. The van der Waals surface area contributed by atoms with Crippen molar-refractivity contribution in [1.82, 2.24) is 19.9 Å². The Morgan fingerprint density at radius 1 is 0.780 bits per heavy atom. The molecule has 3 heterocycles. The number of anilines is 4. The van der Waals surface area contributed by atoms with E-state index in [1.807, 2.05) is 19.1 Å². The summed E-state index contributed by atoms with van der Waals surface area (Å²) in [5.74, 6) is 0.580. The second-order valence-electron chi connectivity index (χ2n) is 10.3. The smallest absolute Gasteiger partial charge is 0.227 e. The van der Waals surface area contributed by atoms with E-state index in [2.05, 4.69) is 104 Å². The summed E-state index contributed by atoms with van der Waals surface area (Å²) in [6, 6.07) is 31.7. The maximum absolute atomic E-state index is 4.80. The van der Waals surface area contributed by atoms with Crippen molar-refractivity contribution >= 4 is 33.8 Å². The van der Waals surface area contributed by atoms with E-state index >= 15 is 0 Å². The van der Waals surface area contributed by atoms with Gasteiger partial charge in [-0.25, -0.2) is 15.0 Å². The highest BCUT2D eigenvalue weighted by molar-refractivity contribution is 7.19. The van der Waals surface area contributed by atoms with E-state index < -0.39 is 0 Å². The molecule has 0 bridgehead atoms. The number of hydrogen-bond acceptors (Lipinski definition) is 8. The van der Waals surface area contributed by atoms with Crippen molar-refractivity contribution in [2.45, 2.75) is 19.9 Å². The molecule has 2 aromatic heterocycles. The van der Waals surface area contributed by atoms with Gasteiger partial charge in [0.05, 0.1) is 16.3 Å². The monoisotopic (exact) mass is 561 g/mol. The number of thiazole rings is 1. The molecule has 1 aliphatic heterocycles. The summed E-state index contributed by atoms with van der Waals surface area (Å²) in [6.07, 6.45) is 2.76. The summed E-state index contributed by atoms with van der Waals surface area (Å²) in [7, 11) is 0. The third kappa shape index (κ3) is 7.09. The molecule has 0 radical (unpaired) electrons. The van der Waals surface area contributed by atoms with Crippen LogP contribution in [-0.4, -0.2) is 52.6 Å². The molecule has 5 aromatic rings. The van der Waals surface area contributed by atoms with Crippen LogP contribution in [0.15, 0.2) is 97.2 Å². The first-order chi connectivity index (χ1) is 20.2. The number of benzene rings is 3. The van der Waals surface area contributed by atoms with E-state index in [1.165, 1.54) is 16.8 Å². The molecule has 0 aliphatic carbocycles. The van der Waals surface area contributed by atoms with Crippen molar-refractivity contribution in [1.29, 1.82) is 0 Å². The van der Waals surface area contributed by atoms with Crippen LogP contribution in [0.4, 0.5) is 22.5 Å². The molecule has 0 amide bonds. The molecule has 41 heavy (non-hydrogen) atoms. The highest BCUT2D eigenvalue weighted by atomic mass is 32.1. The molecular weight excluding hydrogens is 526 g/mol. The summed E-state index contributed by atoms with van der Waals surface area (Å²) < 4.78 is 0. The predicted molar refractivity (Wildman–Crippen MR) is 170 cm³/mol. The Morgan fingerprint density at radius 3 is 2.22 bits per heavy atom. The van der Waals surface area contributed by atoms with Gasteiger partial charge in [0.1, 0.15) is 0 Å². The number of hydrogen-bond donors (Lipinski definition) is 2.